The van der Waals surface area contributed by atoms with Crippen molar-refractivity contribution in [2.75, 3.05) is 11.5 Å². The predicted octanol–water partition coefficient (Wildman–Crippen LogP) is 5.13. The van der Waals surface area contributed by atoms with Crippen molar-refractivity contribution in [3.05, 3.63) is 58.7 Å². The van der Waals surface area contributed by atoms with Gasteiger partial charge < -0.3 is 11.5 Å². The van der Waals surface area contributed by atoms with Gasteiger partial charge in [0.05, 0.1) is 0 Å². The van der Waals surface area contributed by atoms with E-state index in [4.69, 9.17) is 11.5 Å². The Hall–Kier alpha value is -1.96. The highest BCUT2D eigenvalue weighted by Gasteiger charge is 2.05. The van der Waals surface area contributed by atoms with E-state index in [0.717, 1.165) is 30.6 Å². The zero-order chi connectivity index (χ0) is 16.7. The monoisotopic (exact) mass is 310 g/mol. The van der Waals surface area contributed by atoms with Gasteiger partial charge in [0.25, 0.3) is 0 Å². The van der Waals surface area contributed by atoms with Crippen LogP contribution in [0.1, 0.15) is 61.8 Å². The van der Waals surface area contributed by atoms with Crippen molar-refractivity contribution in [2.45, 2.75) is 58.8 Å². The summed E-state index contributed by atoms with van der Waals surface area (Å²) in [7, 11) is 0. The molecule has 2 rings (SSSR count). The van der Waals surface area contributed by atoms with E-state index in [0.29, 0.717) is 0 Å². The third-order valence-corrected chi connectivity index (χ3v) is 4.42. The molecule has 0 radical (unpaired) electrons. The van der Waals surface area contributed by atoms with Crippen LogP contribution in [0.4, 0.5) is 11.4 Å². The molecule has 2 aromatic rings. The smallest absolute Gasteiger partial charge is 0.0346 e. The minimum atomic E-state index is 0.920. The van der Waals surface area contributed by atoms with E-state index in [1.165, 1.54) is 47.9 Å². The number of hydrogen-bond acceptors (Lipinski definition) is 2. The second-order valence-corrected chi connectivity index (χ2v) is 6.45. The molecule has 0 atom stereocenters. The Balaban J connectivity index is 2.15. The zero-order valence-electron chi connectivity index (χ0n) is 14.6. The van der Waals surface area contributed by atoms with Crippen LogP contribution in [0.3, 0.4) is 0 Å². The van der Waals surface area contributed by atoms with E-state index in [2.05, 4.69) is 50.2 Å². The van der Waals surface area contributed by atoms with Gasteiger partial charge in [-0.3, -0.25) is 0 Å². The molecule has 0 unspecified atom stereocenters. The summed E-state index contributed by atoms with van der Waals surface area (Å²) in [6.07, 6.45) is 7.86. The van der Waals surface area contributed by atoms with Gasteiger partial charge in [-0.05, 0) is 66.5 Å². The summed E-state index contributed by atoms with van der Waals surface area (Å²) in [6.45, 7) is 4.43. The number of anilines is 2. The largest absolute Gasteiger partial charge is 0.399 e. The van der Waals surface area contributed by atoms with Gasteiger partial charge >= 0.3 is 0 Å². The summed E-state index contributed by atoms with van der Waals surface area (Å²) >= 11 is 0. The number of hydrogen-bond donors (Lipinski definition) is 2. The van der Waals surface area contributed by atoms with Crippen molar-refractivity contribution in [2.24, 2.45) is 0 Å². The van der Waals surface area contributed by atoms with Crippen molar-refractivity contribution in [1.29, 1.82) is 0 Å². The lowest BCUT2D eigenvalue weighted by atomic mass is 9.96. The molecule has 0 saturated heterocycles. The lowest BCUT2D eigenvalue weighted by Gasteiger charge is -2.11. The van der Waals surface area contributed by atoms with E-state index in [-0.39, 0.29) is 0 Å². The van der Waals surface area contributed by atoms with Gasteiger partial charge in [0.15, 0.2) is 0 Å². The average molecular weight is 310 g/mol. The molecule has 2 nitrogen and oxygen atoms in total. The molecular formula is C21H30N2. The Bertz CT molecular complexity index is 576. The molecule has 4 N–H and O–H groups in total. The van der Waals surface area contributed by atoms with Crippen LogP contribution in [0.2, 0.25) is 0 Å². The molecule has 0 amide bonds. The normalized spacial score (nSPS) is 10.9. The first kappa shape index (κ1) is 17.4. The Morgan fingerprint density at radius 2 is 1.13 bits per heavy atom. The van der Waals surface area contributed by atoms with E-state index in [1.54, 1.807) is 0 Å². The Kier molecular flexibility index (Phi) is 6.52. The van der Waals surface area contributed by atoms with Crippen LogP contribution in [0.25, 0.3) is 0 Å². The zero-order valence-corrected chi connectivity index (χ0v) is 14.6. The minimum Gasteiger partial charge on any atom is -0.399 e. The second kappa shape index (κ2) is 8.61. The Labute approximate surface area is 140 Å². The number of benzene rings is 2. The van der Waals surface area contributed by atoms with Gasteiger partial charge in [0.2, 0.25) is 0 Å². The summed E-state index contributed by atoms with van der Waals surface area (Å²) in [6, 6.07) is 12.9. The first-order valence-corrected chi connectivity index (χ1v) is 8.88. The summed E-state index contributed by atoms with van der Waals surface area (Å²) in [5, 5.41) is 0. The van der Waals surface area contributed by atoms with Gasteiger partial charge in [-0.2, -0.15) is 0 Å². The first-order valence-electron chi connectivity index (χ1n) is 8.88. The molecule has 124 valence electrons. The van der Waals surface area contributed by atoms with Crippen LogP contribution in [0.15, 0.2) is 36.4 Å². The number of aryl methyl sites for hydroxylation is 2. The Morgan fingerprint density at radius 1 is 0.696 bits per heavy atom. The molecule has 0 aliphatic heterocycles. The standard InChI is InChI=1S/C21H30N2/c1-3-5-7-18-14-16(9-11-20(18)22)13-17-10-12-21(23)19(15-17)8-6-4-2/h9-12,14-15H,3-8,13,22-23H2,1-2H3. The summed E-state index contributed by atoms with van der Waals surface area (Å²) in [5.41, 5.74) is 19.3. The highest BCUT2D eigenvalue weighted by Crippen LogP contribution is 2.22. The van der Waals surface area contributed by atoms with E-state index >= 15 is 0 Å². The number of nitrogen functional groups attached to an aromatic ring is 2. The molecule has 2 heteroatoms. The summed E-state index contributed by atoms with van der Waals surface area (Å²) in [4.78, 5) is 0. The quantitative estimate of drug-likeness (QED) is 0.664. The van der Waals surface area contributed by atoms with E-state index in [9.17, 15) is 0 Å². The third kappa shape index (κ3) is 5.02. The van der Waals surface area contributed by atoms with Gasteiger partial charge in [-0.15, -0.1) is 0 Å². The van der Waals surface area contributed by atoms with E-state index < -0.39 is 0 Å². The lowest BCUT2D eigenvalue weighted by Crippen LogP contribution is -1.99. The third-order valence-electron chi connectivity index (χ3n) is 4.42. The number of rotatable bonds is 8. The summed E-state index contributed by atoms with van der Waals surface area (Å²) < 4.78 is 0. The minimum absolute atomic E-state index is 0.920. The number of nitrogens with two attached hydrogens (primary N) is 2. The second-order valence-electron chi connectivity index (χ2n) is 6.45. The average Bonchev–Trinajstić information content (AvgIpc) is 2.55. The summed E-state index contributed by atoms with van der Waals surface area (Å²) in [5.74, 6) is 0. The molecule has 0 aliphatic carbocycles. The highest BCUT2D eigenvalue weighted by molar-refractivity contribution is 5.51. The van der Waals surface area contributed by atoms with Gasteiger partial charge in [-0.1, -0.05) is 51.0 Å². The maximum absolute atomic E-state index is 6.11. The van der Waals surface area contributed by atoms with Crippen molar-refractivity contribution in [1.82, 2.24) is 0 Å². The molecule has 0 spiro atoms. The van der Waals surface area contributed by atoms with Crippen molar-refractivity contribution in [3.63, 3.8) is 0 Å². The van der Waals surface area contributed by atoms with Crippen LogP contribution in [0.5, 0.6) is 0 Å². The van der Waals surface area contributed by atoms with Gasteiger partial charge in [0.1, 0.15) is 0 Å². The van der Waals surface area contributed by atoms with Crippen LogP contribution in [0, 0.1) is 0 Å². The predicted molar refractivity (Wildman–Crippen MR) is 102 cm³/mol. The van der Waals surface area contributed by atoms with Gasteiger partial charge in [0, 0.05) is 11.4 Å². The van der Waals surface area contributed by atoms with Crippen LogP contribution < -0.4 is 11.5 Å². The van der Waals surface area contributed by atoms with Crippen LogP contribution in [-0.4, -0.2) is 0 Å². The topological polar surface area (TPSA) is 52.0 Å². The highest BCUT2D eigenvalue weighted by atomic mass is 14.6. The van der Waals surface area contributed by atoms with Crippen LogP contribution >= 0.6 is 0 Å². The molecular weight excluding hydrogens is 280 g/mol. The molecule has 2 aromatic carbocycles. The molecule has 0 heterocycles. The molecule has 23 heavy (non-hydrogen) atoms. The lowest BCUT2D eigenvalue weighted by molar-refractivity contribution is 0.794. The first-order chi connectivity index (χ1) is 11.1. The fourth-order valence-corrected chi connectivity index (χ4v) is 2.94. The van der Waals surface area contributed by atoms with Crippen LogP contribution in [-0.2, 0) is 19.3 Å². The van der Waals surface area contributed by atoms with E-state index in [1.807, 2.05) is 0 Å². The fraction of sp³-hybridized carbons (Fsp3) is 0.429. The molecule has 0 bridgehead atoms. The number of unbranched alkanes of at least 4 members (excludes halogenated alkanes) is 2. The SMILES string of the molecule is CCCCc1cc(Cc2ccc(N)c(CCCC)c2)ccc1N. The molecule has 0 fully saturated rings. The Morgan fingerprint density at radius 3 is 1.52 bits per heavy atom. The van der Waals surface area contributed by atoms with Gasteiger partial charge in [-0.25, -0.2) is 0 Å². The van der Waals surface area contributed by atoms with Crippen molar-refractivity contribution >= 4 is 11.4 Å². The molecule has 0 aliphatic rings. The molecule has 0 saturated carbocycles. The van der Waals surface area contributed by atoms with Crippen molar-refractivity contribution in [3.8, 4) is 0 Å². The van der Waals surface area contributed by atoms with Crippen molar-refractivity contribution < 1.29 is 0 Å². The maximum atomic E-state index is 6.11. The maximum Gasteiger partial charge on any atom is 0.0346 e. The fourth-order valence-electron chi connectivity index (χ4n) is 2.94. The molecule has 0 aromatic heterocycles.